The van der Waals surface area contributed by atoms with Crippen molar-refractivity contribution >= 4 is 28.1 Å². The average Bonchev–Trinajstić information content (AvgIpc) is 2.51. The molecule has 2 N–H and O–H groups in total. The largest absolute Gasteiger partial charge is 0.507 e. The van der Waals surface area contributed by atoms with Crippen molar-refractivity contribution in [2.45, 2.75) is 6.42 Å². The molecule has 0 saturated carbocycles. The van der Waals surface area contributed by atoms with Gasteiger partial charge in [0.05, 0.1) is 19.7 Å². The monoisotopic (exact) mass is 362 g/mol. The number of hydrogen-bond donors (Lipinski definition) is 2. The van der Waals surface area contributed by atoms with E-state index in [0.29, 0.717) is 5.56 Å². The third-order valence-electron chi connectivity index (χ3n) is 2.91. The van der Waals surface area contributed by atoms with Crippen LogP contribution in [0.2, 0.25) is 0 Å². The maximum absolute atomic E-state index is 11.8. The molecule has 0 aliphatic rings. The van der Waals surface area contributed by atoms with Gasteiger partial charge in [0.25, 0.3) is 0 Å². The van der Waals surface area contributed by atoms with Gasteiger partial charge in [0.1, 0.15) is 11.5 Å². The molecule has 2 rings (SSSR count). The Balaban J connectivity index is 1.91. The molecule has 0 saturated heterocycles. The number of phenolic OH excluding ortho intramolecular Hbond substituents is 1. The summed E-state index contributed by atoms with van der Waals surface area (Å²) in [5, 5.41) is 13.5. The number of carbonyl (C=O) groups is 1. The summed E-state index contributed by atoms with van der Waals surface area (Å²) in [5.74, 6) is 0.597. The van der Waals surface area contributed by atoms with Crippen LogP contribution in [-0.2, 0) is 11.2 Å². The molecule has 6 heteroatoms. The van der Waals surface area contributed by atoms with Crippen LogP contribution in [0.3, 0.4) is 0 Å². The smallest absolute Gasteiger partial charge is 0.244 e. The van der Waals surface area contributed by atoms with Crippen LogP contribution in [0.5, 0.6) is 11.5 Å². The molecule has 5 nitrogen and oxygen atoms in total. The van der Waals surface area contributed by atoms with Crippen molar-refractivity contribution in [1.29, 1.82) is 0 Å². The molecule has 114 valence electrons. The Hall–Kier alpha value is -2.34. The number of nitrogens with one attached hydrogen (secondary N) is 1. The fraction of sp³-hybridized carbons (Fsp3) is 0.125. The zero-order valence-corrected chi connectivity index (χ0v) is 13.5. The van der Waals surface area contributed by atoms with Gasteiger partial charge in [-0.1, -0.05) is 28.1 Å². The van der Waals surface area contributed by atoms with Gasteiger partial charge < -0.3 is 9.84 Å². The van der Waals surface area contributed by atoms with E-state index in [4.69, 9.17) is 4.74 Å². The van der Waals surface area contributed by atoms with Gasteiger partial charge in [-0.05, 0) is 35.9 Å². The molecule has 0 unspecified atom stereocenters. The van der Waals surface area contributed by atoms with Crippen molar-refractivity contribution in [3.05, 3.63) is 58.1 Å². The van der Waals surface area contributed by atoms with Gasteiger partial charge in [0, 0.05) is 10.0 Å². The van der Waals surface area contributed by atoms with Crippen LogP contribution in [0.25, 0.3) is 0 Å². The summed E-state index contributed by atoms with van der Waals surface area (Å²) < 4.78 is 5.87. The van der Waals surface area contributed by atoms with Gasteiger partial charge in [-0.3, -0.25) is 4.79 Å². The van der Waals surface area contributed by atoms with Crippen LogP contribution in [0.4, 0.5) is 0 Å². The molecule has 2 aromatic rings. The lowest BCUT2D eigenvalue weighted by Crippen LogP contribution is -2.19. The van der Waals surface area contributed by atoms with Crippen molar-refractivity contribution in [2.24, 2.45) is 5.10 Å². The minimum Gasteiger partial charge on any atom is -0.507 e. The lowest BCUT2D eigenvalue weighted by atomic mass is 10.1. The SMILES string of the molecule is COc1ccc(CC(=O)N/N=C\c2cc(Br)ccc2O)cc1. The number of halogens is 1. The molecular formula is C16H15BrN2O3. The van der Waals surface area contributed by atoms with Crippen molar-refractivity contribution in [3.63, 3.8) is 0 Å². The van der Waals surface area contributed by atoms with Gasteiger partial charge in [-0.2, -0.15) is 5.10 Å². The topological polar surface area (TPSA) is 70.9 Å². The van der Waals surface area contributed by atoms with E-state index in [1.165, 1.54) is 6.21 Å². The zero-order valence-electron chi connectivity index (χ0n) is 11.9. The first-order valence-electron chi connectivity index (χ1n) is 6.52. The van der Waals surface area contributed by atoms with Crippen molar-refractivity contribution in [3.8, 4) is 11.5 Å². The Morgan fingerprint density at radius 1 is 1.32 bits per heavy atom. The molecule has 0 bridgehead atoms. The van der Waals surface area contributed by atoms with Gasteiger partial charge in [0.2, 0.25) is 5.91 Å². The van der Waals surface area contributed by atoms with Crippen LogP contribution in [0.1, 0.15) is 11.1 Å². The van der Waals surface area contributed by atoms with E-state index < -0.39 is 0 Å². The van der Waals surface area contributed by atoms with E-state index in [1.807, 2.05) is 12.1 Å². The van der Waals surface area contributed by atoms with Crippen molar-refractivity contribution < 1.29 is 14.6 Å². The molecule has 0 aromatic heterocycles. The lowest BCUT2D eigenvalue weighted by molar-refractivity contribution is -0.120. The van der Waals surface area contributed by atoms with Crippen molar-refractivity contribution in [1.82, 2.24) is 5.43 Å². The third kappa shape index (κ3) is 4.60. The number of carbonyl (C=O) groups excluding carboxylic acids is 1. The van der Waals surface area contributed by atoms with E-state index >= 15 is 0 Å². The number of rotatable bonds is 5. The third-order valence-corrected chi connectivity index (χ3v) is 3.40. The first-order chi connectivity index (χ1) is 10.6. The first kappa shape index (κ1) is 16.0. The van der Waals surface area contributed by atoms with Gasteiger partial charge in [0.15, 0.2) is 0 Å². The zero-order chi connectivity index (χ0) is 15.9. The molecule has 0 spiro atoms. The van der Waals surface area contributed by atoms with E-state index in [-0.39, 0.29) is 18.1 Å². The lowest BCUT2D eigenvalue weighted by Gasteiger charge is -2.03. The second-order valence-corrected chi connectivity index (χ2v) is 5.44. The fourth-order valence-corrected chi connectivity index (χ4v) is 2.15. The highest BCUT2D eigenvalue weighted by molar-refractivity contribution is 9.10. The number of phenols is 1. The highest BCUT2D eigenvalue weighted by Crippen LogP contribution is 2.19. The first-order valence-corrected chi connectivity index (χ1v) is 7.31. The number of methoxy groups -OCH3 is 1. The molecule has 0 fully saturated rings. The van der Waals surface area contributed by atoms with Crippen LogP contribution in [-0.4, -0.2) is 24.3 Å². The number of amides is 1. The summed E-state index contributed by atoms with van der Waals surface area (Å²) in [6, 6.07) is 12.2. The molecule has 2 aromatic carbocycles. The number of aromatic hydroxyl groups is 1. The minimum absolute atomic E-state index is 0.0938. The summed E-state index contributed by atoms with van der Waals surface area (Å²) in [4.78, 5) is 11.8. The molecule has 0 aliphatic carbocycles. The summed E-state index contributed by atoms with van der Waals surface area (Å²) in [6.07, 6.45) is 1.61. The fourth-order valence-electron chi connectivity index (χ4n) is 1.77. The highest BCUT2D eigenvalue weighted by Gasteiger charge is 2.03. The second-order valence-electron chi connectivity index (χ2n) is 4.52. The van der Waals surface area contributed by atoms with Gasteiger partial charge in [-0.15, -0.1) is 0 Å². The van der Waals surface area contributed by atoms with E-state index in [9.17, 15) is 9.90 Å². The summed E-state index contributed by atoms with van der Waals surface area (Å²) in [6.45, 7) is 0. The maximum atomic E-state index is 11.8. The Bertz CT molecular complexity index is 684. The molecule has 0 aliphatic heterocycles. The second kappa shape index (κ2) is 7.61. The Morgan fingerprint density at radius 2 is 2.05 bits per heavy atom. The summed E-state index contributed by atoms with van der Waals surface area (Å²) in [5.41, 5.74) is 3.80. The minimum atomic E-state index is -0.240. The van der Waals surface area contributed by atoms with Gasteiger partial charge >= 0.3 is 0 Å². The quantitative estimate of drug-likeness (QED) is 0.634. The Labute approximate surface area is 136 Å². The predicted octanol–water partition coefficient (Wildman–Crippen LogP) is 2.86. The number of benzene rings is 2. The standard InChI is InChI=1S/C16H15BrN2O3/c1-22-14-5-2-11(3-6-14)8-16(21)19-18-10-12-9-13(17)4-7-15(12)20/h2-7,9-10,20H,8H2,1H3,(H,19,21)/b18-10-. The number of ether oxygens (including phenoxy) is 1. The number of nitrogens with zero attached hydrogens (tertiary/aromatic N) is 1. The summed E-state index contributed by atoms with van der Waals surface area (Å²) in [7, 11) is 1.59. The molecule has 0 heterocycles. The molecule has 0 atom stereocenters. The normalized spacial score (nSPS) is 10.6. The van der Waals surface area contributed by atoms with Crippen LogP contribution >= 0.6 is 15.9 Å². The Kier molecular flexibility index (Phi) is 5.55. The molecule has 0 radical (unpaired) electrons. The average molecular weight is 363 g/mol. The van der Waals surface area contributed by atoms with Gasteiger partial charge in [-0.25, -0.2) is 5.43 Å². The van der Waals surface area contributed by atoms with E-state index in [0.717, 1.165) is 15.8 Å². The number of hydrogen-bond acceptors (Lipinski definition) is 4. The molecular weight excluding hydrogens is 348 g/mol. The van der Waals surface area contributed by atoms with E-state index in [2.05, 4.69) is 26.5 Å². The predicted molar refractivity (Wildman–Crippen MR) is 88.2 cm³/mol. The van der Waals surface area contributed by atoms with Crippen molar-refractivity contribution in [2.75, 3.05) is 7.11 Å². The molecule has 1 amide bonds. The van der Waals surface area contributed by atoms with Crippen LogP contribution in [0, 0.1) is 0 Å². The molecule has 22 heavy (non-hydrogen) atoms. The maximum Gasteiger partial charge on any atom is 0.244 e. The van der Waals surface area contributed by atoms with Crippen LogP contribution in [0.15, 0.2) is 52.0 Å². The summed E-state index contributed by atoms with van der Waals surface area (Å²) >= 11 is 3.30. The number of hydrazone groups is 1. The van der Waals surface area contributed by atoms with Crippen LogP contribution < -0.4 is 10.2 Å². The van der Waals surface area contributed by atoms with E-state index in [1.54, 1.807) is 37.4 Å². The highest BCUT2D eigenvalue weighted by atomic mass is 79.9. The Morgan fingerprint density at radius 3 is 2.73 bits per heavy atom.